The van der Waals surface area contributed by atoms with Crippen molar-refractivity contribution in [1.29, 1.82) is 0 Å². The lowest BCUT2D eigenvalue weighted by Crippen LogP contribution is -2.26. The van der Waals surface area contributed by atoms with E-state index in [1.165, 1.54) is 0 Å². The second-order valence-corrected chi connectivity index (χ2v) is 6.30. The fraction of sp³-hybridized carbons (Fsp3) is 0.867. The third-order valence-corrected chi connectivity index (χ3v) is 2.13. The Labute approximate surface area is 107 Å². The van der Waals surface area contributed by atoms with E-state index >= 15 is 0 Å². The third-order valence-electron chi connectivity index (χ3n) is 2.13. The van der Waals surface area contributed by atoms with Gasteiger partial charge in [-0.1, -0.05) is 12.8 Å². The molecule has 0 amide bonds. The topological polar surface area (TPSA) is 18.5 Å². The van der Waals surface area contributed by atoms with Crippen LogP contribution in [0.25, 0.3) is 0 Å². The molecule has 0 heterocycles. The van der Waals surface area contributed by atoms with Crippen LogP contribution >= 0.6 is 0 Å². The Morgan fingerprint density at radius 3 is 2.12 bits per heavy atom. The molecule has 1 atom stereocenters. The van der Waals surface area contributed by atoms with Gasteiger partial charge < -0.3 is 9.47 Å². The van der Waals surface area contributed by atoms with Crippen molar-refractivity contribution in [1.82, 2.24) is 0 Å². The summed E-state index contributed by atoms with van der Waals surface area (Å²) in [6.07, 6.45) is 0. The fourth-order valence-corrected chi connectivity index (χ4v) is 1.33. The molecule has 0 saturated carbocycles. The second-order valence-electron chi connectivity index (χ2n) is 6.30. The molecule has 0 fully saturated rings. The smallest absolute Gasteiger partial charge is 0.0626 e. The van der Waals surface area contributed by atoms with Crippen molar-refractivity contribution in [3.8, 4) is 11.8 Å². The van der Waals surface area contributed by atoms with E-state index in [1.54, 1.807) is 0 Å². The molecule has 0 aromatic rings. The van der Waals surface area contributed by atoms with Crippen LogP contribution in [0.15, 0.2) is 0 Å². The van der Waals surface area contributed by atoms with Crippen LogP contribution < -0.4 is 0 Å². The van der Waals surface area contributed by atoms with Crippen LogP contribution in [-0.2, 0) is 9.47 Å². The molecular weight excluding hydrogens is 212 g/mol. The van der Waals surface area contributed by atoms with E-state index in [2.05, 4.69) is 53.4 Å². The fourth-order valence-electron chi connectivity index (χ4n) is 1.33. The summed E-state index contributed by atoms with van der Waals surface area (Å²) in [5.74, 6) is 6.50. The highest BCUT2D eigenvalue weighted by atomic mass is 16.5. The van der Waals surface area contributed by atoms with Gasteiger partial charge >= 0.3 is 0 Å². The van der Waals surface area contributed by atoms with Gasteiger partial charge in [0.25, 0.3) is 0 Å². The molecule has 0 aliphatic carbocycles. The predicted molar refractivity (Wildman–Crippen MR) is 72.9 cm³/mol. The quantitative estimate of drug-likeness (QED) is 0.662. The van der Waals surface area contributed by atoms with Crippen molar-refractivity contribution in [3.63, 3.8) is 0 Å². The first-order valence-corrected chi connectivity index (χ1v) is 6.32. The van der Waals surface area contributed by atoms with Crippen LogP contribution in [0, 0.1) is 23.2 Å². The largest absolute Gasteiger partial charge is 0.380 e. The van der Waals surface area contributed by atoms with Crippen LogP contribution in [0.1, 0.15) is 48.5 Å². The zero-order chi connectivity index (χ0) is 13.5. The summed E-state index contributed by atoms with van der Waals surface area (Å²) in [4.78, 5) is 0. The van der Waals surface area contributed by atoms with Crippen LogP contribution in [0.4, 0.5) is 0 Å². The second kappa shape index (κ2) is 7.03. The van der Waals surface area contributed by atoms with Gasteiger partial charge in [0, 0.05) is 11.3 Å². The zero-order valence-corrected chi connectivity index (χ0v) is 12.5. The van der Waals surface area contributed by atoms with Crippen molar-refractivity contribution in [2.75, 3.05) is 19.8 Å². The number of hydrogen-bond acceptors (Lipinski definition) is 2. The average molecular weight is 240 g/mol. The molecule has 0 radical (unpaired) electrons. The van der Waals surface area contributed by atoms with Crippen molar-refractivity contribution in [2.24, 2.45) is 11.3 Å². The molecule has 0 aromatic heterocycles. The number of hydrogen-bond donors (Lipinski definition) is 0. The van der Waals surface area contributed by atoms with Gasteiger partial charge in [0.1, 0.15) is 0 Å². The predicted octanol–water partition coefficient (Wildman–Crippen LogP) is 3.50. The van der Waals surface area contributed by atoms with Crippen LogP contribution in [0.3, 0.4) is 0 Å². The summed E-state index contributed by atoms with van der Waals surface area (Å²) >= 11 is 0. The summed E-state index contributed by atoms with van der Waals surface area (Å²) in [7, 11) is 0. The van der Waals surface area contributed by atoms with E-state index in [1.807, 2.05) is 6.92 Å². The molecule has 0 saturated heterocycles. The maximum absolute atomic E-state index is 5.71. The molecule has 2 heteroatoms. The Bertz CT molecular complexity index is 263. The van der Waals surface area contributed by atoms with Gasteiger partial charge in [0.15, 0.2) is 0 Å². The lowest BCUT2D eigenvalue weighted by atomic mass is 9.96. The van der Waals surface area contributed by atoms with E-state index in [-0.39, 0.29) is 11.0 Å². The molecule has 0 rings (SSSR count). The maximum atomic E-state index is 5.71. The van der Waals surface area contributed by atoms with Crippen molar-refractivity contribution >= 4 is 0 Å². The Balaban J connectivity index is 3.77. The monoisotopic (exact) mass is 240 g/mol. The summed E-state index contributed by atoms with van der Waals surface area (Å²) in [5.41, 5.74) is -0.124. The van der Waals surface area contributed by atoms with Gasteiger partial charge in [-0.3, -0.25) is 0 Å². The first kappa shape index (κ1) is 16.5. The molecule has 100 valence electrons. The first-order valence-electron chi connectivity index (χ1n) is 6.32. The minimum atomic E-state index is -0.0682. The highest BCUT2D eigenvalue weighted by Crippen LogP contribution is 2.15. The van der Waals surface area contributed by atoms with E-state index in [0.29, 0.717) is 12.5 Å². The van der Waals surface area contributed by atoms with Crippen LogP contribution in [0.5, 0.6) is 0 Å². The zero-order valence-electron chi connectivity index (χ0n) is 12.5. The van der Waals surface area contributed by atoms with Gasteiger partial charge in [-0.2, -0.15) is 0 Å². The maximum Gasteiger partial charge on any atom is 0.0626 e. The molecule has 0 bridgehead atoms. The minimum absolute atomic E-state index is 0.0562. The highest BCUT2D eigenvalue weighted by molar-refractivity contribution is 5.06. The van der Waals surface area contributed by atoms with Crippen LogP contribution in [-0.4, -0.2) is 25.4 Å². The normalized spacial score (nSPS) is 14.1. The van der Waals surface area contributed by atoms with Gasteiger partial charge in [-0.05, 0) is 41.5 Å². The summed E-state index contributed by atoms with van der Waals surface area (Å²) in [5, 5.41) is 0. The van der Waals surface area contributed by atoms with Gasteiger partial charge in [-0.25, -0.2) is 0 Å². The number of rotatable bonds is 6. The Morgan fingerprint density at radius 2 is 1.65 bits per heavy atom. The van der Waals surface area contributed by atoms with E-state index in [0.717, 1.165) is 13.2 Å². The Hall–Kier alpha value is -0.520. The SMILES string of the molecule is CC#CC(C)(C)COCC(C)COC(C)(C)C. The molecule has 2 nitrogen and oxygen atoms in total. The Morgan fingerprint density at radius 1 is 1.06 bits per heavy atom. The molecule has 0 aliphatic rings. The molecule has 0 spiro atoms. The number of ether oxygens (including phenoxy) is 2. The Kier molecular flexibility index (Phi) is 6.82. The molecule has 0 N–H and O–H groups in total. The summed E-state index contributed by atoms with van der Waals surface area (Å²) < 4.78 is 11.4. The lowest BCUT2D eigenvalue weighted by Gasteiger charge is -2.23. The van der Waals surface area contributed by atoms with E-state index < -0.39 is 0 Å². The van der Waals surface area contributed by atoms with E-state index in [9.17, 15) is 0 Å². The average Bonchev–Trinajstić information content (AvgIpc) is 2.13. The van der Waals surface area contributed by atoms with Crippen molar-refractivity contribution in [3.05, 3.63) is 0 Å². The summed E-state index contributed by atoms with van der Waals surface area (Å²) in [6, 6.07) is 0. The van der Waals surface area contributed by atoms with Gasteiger partial charge in [-0.15, -0.1) is 5.92 Å². The molecule has 17 heavy (non-hydrogen) atoms. The highest BCUT2D eigenvalue weighted by Gasteiger charge is 2.16. The van der Waals surface area contributed by atoms with Crippen molar-refractivity contribution < 1.29 is 9.47 Å². The molecule has 0 aliphatic heterocycles. The van der Waals surface area contributed by atoms with Crippen molar-refractivity contribution in [2.45, 2.75) is 54.1 Å². The van der Waals surface area contributed by atoms with E-state index in [4.69, 9.17) is 9.47 Å². The van der Waals surface area contributed by atoms with Gasteiger partial charge in [0.2, 0.25) is 0 Å². The summed E-state index contributed by atoms with van der Waals surface area (Å²) in [6.45, 7) is 16.6. The first-order chi connectivity index (χ1) is 7.66. The minimum Gasteiger partial charge on any atom is -0.380 e. The standard InChI is InChI=1S/C15H28O2/c1-8-9-15(6,7)12-16-10-13(2)11-17-14(3,4)5/h13H,10-12H2,1-7H3. The lowest BCUT2D eigenvalue weighted by molar-refractivity contribution is -0.0392. The molecule has 0 aromatic carbocycles. The molecule has 1 unspecified atom stereocenters. The van der Waals surface area contributed by atoms with Gasteiger partial charge in [0.05, 0.1) is 25.4 Å². The third kappa shape index (κ3) is 10.4. The molecular formula is C15H28O2. The van der Waals surface area contributed by atoms with Crippen LogP contribution in [0.2, 0.25) is 0 Å².